The van der Waals surface area contributed by atoms with Gasteiger partial charge in [-0.25, -0.2) is 5.84 Å². The lowest BCUT2D eigenvalue weighted by molar-refractivity contribution is -0.138. The maximum Gasteiger partial charge on any atom is 0.303 e. The van der Waals surface area contributed by atoms with Crippen LogP contribution in [0, 0.1) is 5.92 Å². The van der Waals surface area contributed by atoms with Crippen LogP contribution in [0.2, 0.25) is 0 Å². The summed E-state index contributed by atoms with van der Waals surface area (Å²) in [4.78, 5) is 60.6. The molecular weight excluding hydrogens is 528 g/mol. The van der Waals surface area contributed by atoms with Crippen LogP contribution in [-0.4, -0.2) is 103 Å². The Hall–Kier alpha value is -3.61. The quantitative estimate of drug-likeness (QED) is 0.0448. The molecule has 0 saturated carbocycles. The molecule has 0 aromatic heterocycles. The summed E-state index contributed by atoms with van der Waals surface area (Å²) in [6, 6.07) is -0.883. The molecule has 41 heavy (non-hydrogen) atoms. The van der Waals surface area contributed by atoms with Gasteiger partial charge >= 0.3 is 5.97 Å². The number of nitrogens with two attached hydrogens (primary N) is 2. The maximum absolute atomic E-state index is 12.9. The van der Waals surface area contributed by atoms with E-state index in [2.05, 4.69) is 16.8 Å². The minimum Gasteiger partial charge on any atom is -0.481 e. The smallest absolute Gasteiger partial charge is 0.303 e. The molecule has 0 aromatic rings. The molecule has 0 fully saturated rings. The van der Waals surface area contributed by atoms with Crippen LogP contribution in [-0.2, 0) is 24.0 Å². The fourth-order valence-electron chi connectivity index (χ4n) is 4.07. The van der Waals surface area contributed by atoms with Crippen molar-refractivity contribution < 1.29 is 29.1 Å². The van der Waals surface area contributed by atoms with Gasteiger partial charge in [-0.3, -0.25) is 19.3 Å². The van der Waals surface area contributed by atoms with Gasteiger partial charge < -0.3 is 35.7 Å². The van der Waals surface area contributed by atoms with E-state index >= 15 is 0 Å². The number of carbonyl (C=O) groups is 5. The lowest BCUT2D eigenvalue weighted by Gasteiger charge is -2.27. The number of carbonyl (C=O) groups excluding carboxylic acids is 4. The van der Waals surface area contributed by atoms with E-state index in [0.29, 0.717) is 50.5 Å². The van der Waals surface area contributed by atoms with E-state index in [1.807, 2.05) is 27.0 Å². The Kier molecular flexibility index (Phi) is 19.3. The second-order valence-electron chi connectivity index (χ2n) is 10.1. The van der Waals surface area contributed by atoms with Gasteiger partial charge in [0.15, 0.2) is 0 Å². The molecule has 0 aromatic carbocycles. The largest absolute Gasteiger partial charge is 0.481 e. The second-order valence-corrected chi connectivity index (χ2v) is 10.1. The first-order valence-electron chi connectivity index (χ1n) is 13.7. The predicted molar refractivity (Wildman–Crippen MR) is 159 cm³/mol. The highest BCUT2D eigenvalue weighted by Crippen LogP contribution is 2.15. The molecule has 0 aliphatic carbocycles. The number of hydrogen-bond acceptors (Lipinski definition) is 10. The van der Waals surface area contributed by atoms with Crippen molar-refractivity contribution >= 4 is 30.7 Å². The summed E-state index contributed by atoms with van der Waals surface area (Å²) in [5.41, 5.74) is 6.87. The van der Waals surface area contributed by atoms with Gasteiger partial charge in [0.05, 0.1) is 6.04 Å². The number of nitrogens with zero attached hydrogens (tertiary/aromatic N) is 3. The minimum atomic E-state index is -0.838. The lowest BCUT2D eigenvalue weighted by atomic mass is 9.99. The Morgan fingerprint density at radius 2 is 1.80 bits per heavy atom. The number of nitrogens with one attached hydrogen (secondary N) is 1. The molecule has 0 bridgehead atoms. The van der Waals surface area contributed by atoms with Gasteiger partial charge in [0.25, 0.3) is 5.91 Å². The third kappa shape index (κ3) is 15.7. The van der Waals surface area contributed by atoms with E-state index in [0.717, 1.165) is 13.1 Å². The van der Waals surface area contributed by atoms with E-state index in [1.165, 1.54) is 23.0 Å². The monoisotopic (exact) mass is 576 g/mol. The third-order valence-corrected chi connectivity index (χ3v) is 6.46. The summed E-state index contributed by atoms with van der Waals surface area (Å²) in [7, 11) is 3.30. The zero-order valence-electron chi connectivity index (χ0n) is 24.8. The normalized spacial score (nSPS) is 14.4. The molecule has 0 radical (unpaired) electrons. The number of carboxylic acids is 1. The van der Waals surface area contributed by atoms with Crippen LogP contribution in [0.5, 0.6) is 0 Å². The first-order chi connectivity index (χ1) is 19.4. The molecule has 3 unspecified atom stereocenters. The topological polar surface area (TPSA) is 179 Å². The first kappa shape index (κ1) is 37.4. The summed E-state index contributed by atoms with van der Waals surface area (Å²) in [5, 5.41) is 13.6. The number of amides is 1. The first-order valence-corrected chi connectivity index (χ1v) is 13.7. The Morgan fingerprint density at radius 3 is 2.37 bits per heavy atom. The van der Waals surface area contributed by atoms with E-state index in [9.17, 15) is 24.0 Å². The fraction of sp³-hybridized carbons (Fsp3) is 0.552. The van der Waals surface area contributed by atoms with Gasteiger partial charge in [-0.05, 0) is 45.2 Å². The number of hydrogen-bond donors (Lipinski definition) is 4. The van der Waals surface area contributed by atoms with Crippen molar-refractivity contribution in [3.05, 3.63) is 47.9 Å². The number of allylic oxidation sites excluding steroid dienone is 2. The molecule has 6 N–H and O–H groups in total. The van der Waals surface area contributed by atoms with E-state index < -0.39 is 17.9 Å². The van der Waals surface area contributed by atoms with Crippen molar-refractivity contribution in [3.63, 3.8) is 0 Å². The summed E-state index contributed by atoms with van der Waals surface area (Å²) in [6.07, 6.45) is 10.1. The summed E-state index contributed by atoms with van der Waals surface area (Å²) in [6.45, 7) is 9.99. The van der Waals surface area contributed by atoms with Crippen molar-refractivity contribution in [1.29, 1.82) is 0 Å². The molecule has 0 rings (SSSR count). The van der Waals surface area contributed by atoms with Crippen LogP contribution in [0.1, 0.15) is 46.0 Å². The number of likely N-dealkylation sites (N-methyl/N-ethyl adjacent to an activating group) is 2. The van der Waals surface area contributed by atoms with Gasteiger partial charge in [0.2, 0.25) is 0 Å². The Balaban J connectivity index is 5.34. The Morgan fingerprint density at radius 1 is 1.12 bits per heavy atom. The van der Waals surface area contributed by atoms with Crippen molar-refractivity contribution in [2.24, 2.45) is 17.5 Å². The van der Waals surface area contributed by atoms with Gasteiger partial charge in [0, 0.05) is 75.2 Å². The Bertz CT molecular complexity index is 963. The molecule has 1 amide bonds. The van der Waals surface area contributed by atoms with E-state index in [4.69, 9.17) is 16.7 Å². The van der Waals surface area contributed by atoms with Crippen LogP contribution >= 0.6 is 0 Å². The van der Waals surface area contributed by atoms with Crippen molar-refractivity contribution in [2.45, 2.75) is 58.0 Å². The van der Waals surface area contributed by atoms with Crippen molar-refractivity contribution in [2.75, 3.05) is 40.3 Å². The summed E-state index contributed by atoms with van der Waals surface area (Å²) in [5.74, 6) is 4.76. The predicted octanol–water partition coefficient (Wildman–Crippen LogP) is 1.01. The standard InChI is InChI=1S/C29H48N6O6/c1-22(17-28(39)40)16-24(3)35(31)19-25(30)18-34(14-12-32-4)13-8-6-7-11-27(23(2)20-37)29(41)33(5)26(21-38)10-9-15-36/h6-7,11,15,19-22,24,26,32H,2,8-10,12-14,16-18,30-31H2,1,3-5H3,(H,39,40)/b7-6-,25-19-,27-11+. The van der Waals surface area contributed by atoms with E-state index in [-0.39, 0.29) is 42.4 Å². The van der Waals surface area contributed by atoms with Gasteiger partial charge in [-0.15, -0.1) is 0 Å². The van der Waals surface area contributed by atoms with Crippen LogP contribution in [0.15, 0.2) is 47.9 Å². The van der Waals surface area contributed by atoms with Crippen molar-refractivity contribution in [1.82, 2.24) is 20.1 Å². The summed E-state index contributed by atoms with van der Waals surface area (Å²) >= 11 is 0. The number of aliphatic carboxylic acids is 1. The number of rotatable bonds is 23. The van der Waals surface area contributed by atoms with Crippen LogP contribution in [0.4, 0.5) is 0 Å². The lowest BCUT2D eigenvalue weighted by Crippen LogP contribution is -2.39. The number of carboxylic acid groups (broad SMARTS) is 1. The van der Waals surface area contributed by atoms with Crippen LogP contribution in [0.25, 0.3) is 0 Å². The maximum atomic E-state index is 12.9. The Labute approximate surface area is 243 Å². The zero-order valence-corrected chi connectivity index (χ0v) is 24.8. The second kappa shape index (κ2) is 21.2. The van der Waals surface area contributed by atoms with Crippen LogP contribution < -0.4 is 16.9 Å². The average Bonchev–Trinajstić information content (AvgIpc) is 2.92. The molecule has 0 aliphatic rings. The molecular formula is C29H48N6O6. The highest BCUT2D eigenvalue weighted by molar-refractivity contribution is 6.05. The highest BCUT2D eigenvalue weighted by atomic mass is 16.4. The van der Waals surface area contributed by atoms with Gasteiger partial charge in [-0.2, -0.15) is 0 Å². The molecule has 0 heterocycles. The zero-order chi connectivity index (χ0) is 31.4. The van der Waals surface area contributed by atoms with Crippen molar-refractivity contribution in [3.8, 4) is 0 Å². The average molecular weight is 577 g/mol. The van der Waals surface area contributed by atoms with Gasteiger partial charge in [0.1, 0.15) is 18.9 Å². The van der Waals surface area contributed by atoms with Crippen LogP contribution in [0.3, 0.4) is 0 Å². The molecule has 3 atom stereocenters. The molecule has 230 valence electrons. The van der Waals surface area contributed by atoms with Gasteiger partial charge in [-0.1, -0.05) is 25.7 Å². The molecule has 12 nitrogen and oxygen atoms in total. The molecule has 12 heteroatoms. The minimum absolute atomic E-state index is 0.0157. The van der Waals surface area contributed by atoms with E-state index in [1.54, 1.807) is 12.3 Å². The molecule has 0 aliphatic heterocycles. The highest BCUT2D eigenvalue weighted by Gasteiger charge is 2.23. The summed E-state index contributed by atoms with van der Waals surface area (Å²) < 4.78 is 0. The molecule has 0 spiro atoms. The SMILES string of the molecule is C=C(C=O)/C(=C\C=C/CCN(CCNC)C/C(N)=C/N(N)C(C)CC(C)CC(=O)O)C(=O)N(C)C(C=O)CCC=O. The molecule has 0 saturated heterocycles. The fourth-order valence-corrected chi connectivity index (χ4v) is 4.07. The number of hydrazine groups is 1. The number of aldehydes is 3. The third-order valence-electron chi connectivity index (χ3n) is 6.46.